The van der Waals surface area contributed by atoms with Gasteiger partial charge in [0.1, 0.15) is 5.82 Å². The van der Waals surface area contributed by atoms with Crippen LogP contribution in [0.15, 0.2) is 41.8 Å². The van der Waals surface area contributed by atoms with Crippen molar-refractivity contribution >= 4 is 50.5 Å². The zero-order valence-electron chi connectivity index (χ0n) is 24.8. The van der Waals surface area contributed by atoms with E-state index in [4.69, 9.17) is 16.3 Å². The Labute approximate surface area is 262 Å². The molecule has 0 radical (unpaired) electrons. The summed E-state index contributed by atoms with van der Waals surface area (Å²) in [6.45, 7) is 5.61. The SMILES string of the molecule is C[C@H]1CC[C@H](OC[C@@H]2C[C@H](N3CCCCC3)CN2C(=O)Cc2cc(Cl)c(NC(=O)c3csc4ccccc34)cc2F)CC1. The van der Waals surface area contributed by atoms with E-state index in [9.17, 15) is 9.59 Å². The van der Waals surface area contributed by atoms with Gasteiger partial charge in [-0.25, -0.2) is 4.39 Å². The fourth-order valence-electron chi connectivity index (χ4n) is 6.97. The minimum atomic E-state index is -0.556. The monoisotopic (exact) mass is 625 g/mol. The number of likely N-dealkylation sites (tertiary alicyclic amines) is 2. The molecule has 2 aromatic carbocycles. The molecule has 2 atom stereocenters. The van der Waals surface area contributed by atoms with Gasteiger partial charge in [0.25, 0.3) is 5.91 Å². The number of hydrogen-bond acceptors (Lipinski definition) is 5. The molecule has 2 saturated heterocycles. The van der Waals surface area contributed by atoms with Gasteiger partial charge >= 0.3 is 0 Å². The van der Waals surface area contributed by atoms with E-state index in [0.717, 1.165) is 48.4 Å². The predicted molar refractivity (Wildman–Crippen MR) is 172 cm³/mol. The number of thiophene rings is 1. The molecule has 1 saturated carbocycles. The molecule has 1 aliphatic carbocycles. The van der Waals surface area contributed by atoms with Gasteiger partial charge in [-0.3, -0.25) is 14.5 Å². The number of halogens is 2. The Morgan fingerprint density at radius 1 is 1.09 bits per heavy atom. The van der Waals surface area contributed by atoms with Gasteiger partial charge in [-0.1, -0.05) is 43.1 Å². The maximum absolute atomic E-state index is 15.4. The number of benzene rings is 2. The highest BCUT2D eigenvalue weighted by molar-refractivity contribution is 7.17. The van der Waals surface area contributed by atoms with Crippen molar-refractivity contribution in [2.75, 3.05) is 31.6 Å². The zero-order chi connectivity index (χ0) is 29.9. The van der Waals surface area contributed by atoms with Crippen LogP contribution in [-0.2, 0) is 16.0 Å². The third-order valence-electron chi connectivity index (χ3n) is 9.56. The van der Waals surface area contributed by atoms with Crippen LogP contribution >= 0.6 is 22.9 Å². The van der Waals surface area contributed by atoms with Gasteiger partial charge < -0.3 is 15.0 Å². The van der Waals surface area contributed by atoms with E-state index in [2.05, 4.69) is 17.1 Å². The molecule has 3 aliphatic rings. The van der Waals surface area contributed by atoms with Crippen LogP contribution in [0.4, 0.5) is 10.1 Å². The van der Waals surface area contributed by atoms with Crippen molar-refractivity contribution in [1.82, 2.24) is 9.80 Å². The van der Waals surface area contributed by atoms with E-state index < -0.39 is 5.82 Å². The van der Waals surface area contributed by atoms with Gasteiger partial charge in [-0.15, -0.1) is 11.3 Å². The fraction of sp³-hybridized carbons (Fsp3) is 0.529. The molecule has 0 unspecified atom stereocenters. The largest absolute Gasteiger partial charge is 0.376 e. The van der Waals surface area contributed by atoms with Crippen molar-refractivity contribution in [2.45, 2.75) is 82.9 Å². The lowest BCUT2D eigenvalue weighted by Crippen LogP contribution is -2.43. The highest BCUT2D eigenvalue weighted by Gasteiger charge is 2.39. The third kappa shape index (κ3) is 7.08. The lowest BCUT2D eigenvalue weighted by atomic mass is 9.89. The number of carbonyl (C=O) groups excluding carboxylic acids is 2. The number of ether oxygens (including phenoxy) is 1. The molecule has 0 bridgehead atoms. The van der Waals surface area contributed by atoms with Crippen molar-refractivity contribution in [1.29, 1.82) is 0 Å². The van der Waals surface area contributed by atoms with Crippen molar-refractivity contribution in [3.63, 3.8) is 0 Å². The smallest absolute Gasteiger partial charge is 0.257 e. The lowest BCUT2D eigenvalue weighted by molar-refractivity contribution is -0.133. The maximum Gasteiger partial charge on any atom is 0.257 e. The Balaban J connectivity index is 1.13. The zero-order valence-corrected chi connectivity index (χ0v) is 26.4. The van der Waals surface area contributed by atoms with Crippen LogP contribution in [0.2, 0.25) is 5.02 Å². The quantitative estimate of drug-likeness (QED) is 0.281. The summed E-state index contributed by atoms with van der Waals surface area (Å²) in [7, 11) is 0. The Hall–Kier alpha value is -2.52. The van der Waals surface area contributed by atoms with E-state index in [1.54, 1.807) is 5.38 Å². The summed E-state index contributed by atoms with van der Waals surface area (Å²) in [4.78, 5) is 31.2. The Morgan fingerprint density at radius 3 is 2.65 bits per heavy atom. The van der Waals surface area contributed by atoms with Gasteiger partial charge in [-0.05, 0) is 87.7 Å². The van der Waals surface area contributed by atoms with E-state index in [1.807, 2.05) is 29.2 Å². The van der Waals surface area contributed by atoms with Gasteiger partial charge in [0.15, 0.2) is 0 Å². The van der Waals surface area contributed by atoms with Crippen LogP contribution < -0.4 is 5.32 Å². The molecular formula is C34H41ClFN3O3S. The summed E-state index contributed by atoms with van der Waals surface area (Å²) < 4.78 is 22.8. The maximum atomic E-state index is 15.4. The predicted octanol–water partition coefficient (Wildman–Crippen LogP) is 7.54. The molecule has 2 aliphatic heterocycles. The Morgan fingerprint density at radius 2 is 1.86 bits per heavy atom. The van der Waals surface area contributed by atoms with Crippen molar-refractivity contribution < 1.29 is 18.7 Å². The molecule has 6 nitrogen and oxygen atoms in total. The summed E-state index contributed by atoms with van der Waals surface area (Å²) >= 11 is 8.02. The fourth-order valence-corrected chi connectivity index (χ4v) is 8.15. The second kappa shape index (κ2) is 13.6. The Bertz CT molecular complexity index is 1450. The van der Waals surface area contributed by atoms with Gasteiger partial charge in [-0.2, -0.15) is 0 Å². The minimum absolute atomic E-state index is 0.0173. The molecule has 1 aromatic heterocycles. The number of amides is 2. The standard InChI is InChI=1S/C34H41ClFN3O3S/c1-22-9-11-26(12-10-22)42-20-25-17-24(38-13-5-2-6-14-38)19-39(25)33(40)16-23-15-29(35)31(18-30(23)36)37-34(41)28-21-43-32-8-4-3-7-27(28)32/h3-4,7-8,15,18,21-22,24-26H,2,5-6,9-14,16-17,19-20H2,1H3,(H,37,41)/t22-,24-,25-,26-/m0/s1. The lowest BCUT2D eigenvalue weighted by Gasteiger charge is -2.32. The molecule has 43 heavy (non-hydrogen) atoms. The van der Waals surface area contributed by atoms with Crippen molar-refractivity contribution in [3.05, 3.63) is 63.7 Å². The van der Waals surface area contributed by atoms with Crippen LogP contribution in [0.25, 0.3) is 10.1 Å². The normalized spacial score (nSPS) is 24.9. The van der Waals surface area contributed by atoms with Gasteiger partial charge in [0, 0.05) is 28.1 Å². The second-order valence-electron chi connectivity index (χ2n) is 12.6. The van der Waals surface area contributed by atoms with E-state index in [1.165, 1.54) is 55.6 Å². The first-order chi connectivity index (χ1) is 20.9. The number of fused-ring (bicyclic) bond motifs is 1. The molecule has 2 amide bonds. The molecule has 0 spiro atoms. The number of nitrogens with zero attached hydrogens (tertiary/aromatic N) is 2. The average molecular weight is 626 g/mol. The highest BCUT2D eigenvalue weighted by atomic mass is 35.5. The average Bonchev–Trinajstić information content (AvgIpc) is 3.65. The van der Waals surface area contributed by atoms with Crippen LogP contribution in [0.3, 0.4) is 0 Å². The van der Waals surface area contributed by atoms with Crippen LogP contribution in [0, 0.1) is 11.7 Å². The first-order valence-electron chi connectivity index (χ1n) is 15.8. The van der Waals surface area contributed by atoms with Crippen molar-refractivity contribution in [2.24, 2.45) is 5.92 Å². The van der Waals surface area contributed by atoms with Gasteiger partial charge in [0.05, 0.1) is 41.4 Å². The molecule has 3 fully saturated rings. The molecule has 6 rings (SSSR count). The summed E-state index contributed by atoms with van der Waals surface area (Å²) in [5.74, 6) is -0.260. The summed E-state index contributed by atoms with van der Waals surface area (Å²) in [5, 5.41) is 5.60. The number of hydrogen-bond donors (Lipinski definition) is 1. The topological polar surface area (TPSA) is 61.9 Å². The van der Waals surface area contributed by atoms with E-state index >= 15 is 4.39 Å². The number of nitrogens with one attached hydrogen (secondary N) is 1. The number of rotatable bonds is 8. The highest BCUT2D eigenvalue weighted by Crippen LogP contribution is 2.32. The van der Waals surface area contributed by atoms with Crippen molar-refractivity contribution in [3.8, 4) is 0 Å². The van der Waals surface area contributed by atoms with Crippen LogP contribution in [0.1, 0.15) is 74.2 Å². The number of piperidine rings is 1. The third-order valence-corrected chi connectivity index (χ3v) is 10.8. The summed E-state index contributed by atoms with van der Waals surface area (Å²) in [6, 6.07) is 10.6. The number of carbonyl (C=O) groups is 2. The van der Waals surface area contributed by atoms with Crippen LogP contribution in [-0.4, -0.2) is 66.0 Å². The molecular weight excluding hydrogens is 585 g/mol. The van der Waals surface area contributed by atoms with E-state index in [-0.39, 0.29) is 46.7 Å². The van der Waals surface area contributed by atoms with Gasteiger partial charge in [0.2, 0.25) is 5.91 Å². The van der Waals surface area contributed by atoms with Crippen LogP contribution in [0.5, 0.6) is 0 Å². The first-order valence-corrected chi connectivity index (χ1v) is 17.0. The molecule has 9 heteroatoms. The minimum Gasteiger partial charge on any atom is -0.376 e. The molecule has 230 valence electrons. The first kappa shape index (κ1) is 30.5. The number of anilines is 1. The second-order valence-corrected chi connectivity index (χ2v) is 13.9. The van der Waals surface area contributed by atoms with E-state index in [0.29, 0.717) is 24.8 Å². The molecule has 3 heterocycles. The Kier molecular flexibility index (Phi) is 9.67. The summed E-state index contributed by atoms with van der Waals surface area (Å²) in [6.07, 6.45) is 9.25. The summed E-state index contributed by atoms with van der Waals surface area (Å²) in [5.41, 5.74) is 0.941. The molecule has 1 N–H and O–H groups in total. The molecule has 3 aromatic rings.